The van der Waals surface area contributed by atoms with Crippen LogP contribution in [-0.4, -0.2) is 29.9 Å². The van der Waals surface area contributed by atoms with E-state index in [1.807, 2.05) is 0 Å². The topological polar surface area (TPSA) is 56.2 Å². The second-order valence-corrected chi connectivity index (χ2v) is 4.71. The molecule has 1 atom stereocenters. The van der Waals surface area contributed by atoms with Gasteiger partial charge in [-0.3, -0.25) is 10.7 Å². The molecule has 1 aliphatic heterocycles. The molecule has 0 radical (unpaired) electrons. The fourth-order valence-electron chi connectivity index (χ4n) is 2.64. The summed E-state index contributed by atoms with van der Waals surface area (Å²) in [5.74, 6) is 1.09. The molecule has 2 amide bonds. The Labute approximate surface area is 90.5 Å². The van der Waals surface area contributed by atoms with Crippen molar-refractivity contribution in [3.63, 3.8) is 0 Å². The average Bonchev–Trinajstić information content (AvgIpc) is 2.47. The molecular weight excluding hydrogens is 190 g/mol. The highest BCUT2D eigenvalue weighted by Gasteiger charge is 2.34. The number of rotatable bonds is 2. The van der Waals surface area contributed by atoms with E-state index in [2.05, 4.69) is 5.32 Å². The van der Waals surface area contributed by atoms with E-state index in [1.54, 1.807) is 11.9 Å². The fourth-order valence-corrected chi connectivity index (χ4v) is 2.64. The summed E-state index contributed by atoms with van der Waals surface area (Å²) in [6.07, 6.45) is 7.49. The van der Waals surface area contributed by atoms with Gasteiger partial charge >= 0.3 is 6.03 Å². The Balaban J connectivity index is 1.92. The number of hydrogen-bond acceptors (Lipinski definition) is 2. The molecule has 0 aromatic rings. The van der Waals surface area contributed by atoms with Crippen LogP contribution in [0.3, 0.4) is 0 Å². The van der Waals surface area contributed by atoms with Crippen LogP contribution in [0.5, 0.6) is 0 Å². The summed E-state index contributed by atoms with van der Waals surface area (Å²) in [4.78, 5) is 13.0. The van der Waals surface area contributed by atoms with Crippen molar-refractivity contribution in [1.29, 1.82) is 5.41 Å². The monoisotopic (exact) mass is 209 g/mol. The Morgan fingerprint density at radius 1 is 1.40 bits per heavy atom. The maximum atomic E-state index is 11.3. The van der Waals surface area contributed by atoms with Crippen LogP contribution in [-0.2, 0) is 0 Å². The van der Waals surface area contributed by atoms with Crippen molar-refractivity contribution in [2.75, 3.05) is 7.05 Å². The first-order chi connectivity index (χ1) is 7.18. The number of nitrogens with one attached hydrogen (secondary N) is 2. The van der Waals surface area contributed by atoms with Gasteiger partial charge in [-0.25, -0.2) is 4.79 Å². The molecular formula is C11H19N3O. The van der Waals surface area contributed by atoms with Crippen molar-refractivity contribution >= 4 is 11.9 Å². The Morgan fingerprint density at radius 2 is 2.07 bits per heavy atom. The van der Waals surface area contributed by atoms with Crippen molar-refractivity contribution in [3.8, 4) is 0 Å². The van der Waals surface area contributed by atoms with E-state index in [9.17, 15) is 4.79 Å². The maximum Gasteiger partial charge on any atom is 0.323 e. The summed E-state index contributed by atoms with van der Waals surface area (Å²) >= 11 is 0. The molecule has 1 heterocycles. The van der Waals surface area contributed by atoms with E-state index in [1.165, 1.54) is 32.1 Å². The number of carbonyl (C=O) groups is 1. The molecule has 0 spiro atoms. The first-order valence-corrected chi connectivity index (χ1v) is 5.80. The molecule has 15 heavy (non-hydrogen) atoms. The second kappa shape index (κ2) is 4.21. The maximum absolute atomic E-state index is 11.3. The zero-order valence-corrected chi connectivity index (χ0v) is 9.25. The van der Waals surface area contributed by atoms with Crippen LogP contribution in [0, 0.1) is 11.3 Å². The first kappa shape index (κ1) is 10.5. The zero-order valence-electron chi connectivity index (χ0n) is 9.25. The molecule has 4 nitrogen and oxygen atoms in total. The minimum atomic E-state index is -0.124. The smallest absolute Gasteiger partial charge is 0.317 e. The van der Waals surface area contributed by atoms with Crippen LogP contribution in [0.4, 0.5) is 4.79 Å². The predicted octanol–water partition coefficient (Wildman–Crippen LogP) is 1.96. The largest absolute Gasteiger partial charge is 0.323 e. The molecule has 4 heteroatoms. The molecule has 2 aliphatic rings. The third kappa shape index (κ3) is 2.13. The van der Waals surface area contributed by atoms with E-state index in [0.29, 0.717) is 11.8 Å². The van der Waals surface area contributed by atoms with Crippen LogP contribution in [0.25, 0.3) is 0 Å². The lowest BCUT2D eigenvalue weighted by Gasteiger charge is -2.26. The highest BCUT2D eigenvalue weighted by Crippen LogP contribution is 2.29. The van der Waals surface area contributed by atoms with Crippen LogP contribution in [0.1, 0.15) is 38.5 Å². The van der Waals surface area contributed by atoms with Gasteiger partial charge in [-0.05, 0) is 12.3 Å². The minimum Gasteiger partial charge on any atom is -0.317 e. The summed E-state index contributed by atoms with van der Waals surface area (Å²) in [5, 5.41) is 10.3. The quantitative estimate of drug-likeness (QED) is 0.717. The van der Waals surface area contributed by atoms with Gasteiger partial charge in [-0.15, -0.1) is 0 Å². The summed E-state index contributed by atoms with van der Waals surface area (Å²) < 4.78 is 0. The fraction of sp³-hybridized carbons (Fsp3) is 0.818. The molecule has 1 aliphatic carbocycles. The molecule has 0 aromatic heterocycles. The molecule has 84 valence electrons. The van der Waals surface area contributed by atoms with Gasteiger partial charge in [0.15, 0.2) is 0 Å². The highest BCUT2D eigenvalue weighted by atomic mass is 16.2. The molecule has 2 N–H and O–H groups in total. The van der Waals surface area contributed by atoms with Gasteiger partial charge in [0.2, 0.25) is 0 Å². The molecule has 1 saturated heterocycles. The molecule has 2 rings (SSSR count). The third-order valence-electron chi connectivity index (χ3n) is 3.64. The number of hydrogen-bond donors (Lipinski definition) is 2. The number of amides is 2. The van der Waals surface area contributed by atoms with Gasteiger partial charge in [0.1, 0.15) is 5.84 Å². The minimum absolute atomic E-state index is 0.000556. The second-order valence-electron chi connectivity index (χ2n) is 4.71. The van der Waals surface area contributed by atoms with Gasteiger partial charge in [-0.1, -0.05) is 32.1 Å². The molecule has 1 unspecified atom stereocenters. The van der Waals surface area contributed by atoms with Crippen molar-refractivity contribution in [2.45, 2.75) is 44.6 Å². The predicted molar refractivity (Wildman–Crippen MR) is 59.0 cm³/mol. The van der Waals surface area contributed by atoms with Gasteiger partial charge in [0.05, 0.1) is 6.04 Å². The zero-order chi connectivity index (χ0) is 10.8. The first-order valence-electron chi connectivity index (χ1n) is 5.80. The molecule has 1 saturated carbocycles. The van der Waals surface area contributed by atoms with E-state index in [0.717, 1.165) is 6.42 Å². The van der Waals surface area contributed by atoms with Crippen molar-refractivity contribution < 1.29 is 4.79 Å². The lowest BCUT2D eigenvalue weighted by Crippen LogP contribution is -2.33. The van der Waals surface area contributed by atoms with E-state index < -0.39 is 0 Å². The van der Waals surface area contributed by atoms with Gasteiger partial charge in [0, 0.05) is 7.05 Å². The van der Waals surface area contributed by atoms with Crippen molar-refractivity contribution in [1.82, 2.24) is 10.2 Å². The lowest BCUT2D eigenvalue weighted by molar-refractivity contribution is 0.207. The summed E-state index contributed by atoms with van der Waals surface area (Å²) in [5.41, 5.74) is 0. The summed E-state index contributed by atoms with van der Waals surface area (Å²) in [7, 11) is 1.78. The number of carbonyl (C=O) groups excluding carboxylic acids is 1. The van der Waals surface area contributed by atoms with Gasteiger partial charge < -0.3 is 4.90 Å². The Kier molecular flexibility index (Phi) is 2.93. The van der Waals surface area contributed by atoms with Crippen LogP contribution >= 0.6 is 0 Å². The van der Waals surface area contributed by atoms with E-state index >= 15 is 0 Å². The molecule has 0 bridgehead atoms. The van der Waals surface area contributed by atoms with Gasteiger partial charge in [0.25, 0.3) is 0 Å². The summed E-state index contributed by atoms with van der Waals surface area (Å²) in [6.45, 7) is 0. The Hall–Kier alpha value is -1.06. The van der Waals surface area contributed by atoms with Crippen LogP contribution in [0.15, 0.2) is 0 Å². The number of amidine groups is 1. The SMILES string of the molecule is CN1C(=O)NC(=N)C1CC1CCCCC1. The Morgan fingerprint density at radius 3 is 2.60 bits per heavy atom. The Bertz CT molecular complexity index is 271. The summed E-state index contributed by atoms with van der Waals surface area (Å²) in [6, 6.07) is -0.124. The number of nitrogens with zero attached hydrogens (tertiary/aromatic N) is 1. The molecule has 0 aromatic carbocycles. The van der Waals surface area contributed by atoms with Crippen LogP contribution < -0.4 is 5.32 Å². The van der Waals surface area contributed by atoms with Crippen LogP contribution in [0.2, 0.25) is 0 Å². The average molecular weight is 209 g/mol. The molecule has 2 fully saturated rings. The van der Waals surface area contributed by atoms with Crippen molar-refractivity contribution in [3.05, 3.63) is 0 Å². The normalized spacial score (nSPS) is 28.3. The highest BCUT2D eigenvalue weighted by molar-refractivity contribution is 6.05. The third-order valence-corrected chi connectivity index (χ3v) is 3.64. The number of urea groups is 1. The van der Waals surface area contributed by atoms with Gasteiger partial charge in [-0.2, -0.15) is 0 Å². The standard InChI is InChI=1S/C11H19N3O/c1-14-9(10(12)13-11(14)15)7-8-5-3-2-4-6-8/h8-9H,2-7H2,1H3,(H2,12,13,15). The van der Waals surface area contributed by atoms with E-state index in [-0.39, 0.29) is 12.1 Å². The number of likely N-dealkylation sites (N-methyl/N-ethyl adjacent to an activating group) is 1. The van der Waals surface area contributed by atoms with Crippen molar-refractivity contribution in [2.24, 2.45) is 5.92 Å². The van der Waals surface area contributed by atoms with E-state index in [4.69, 9.17) is 5.41 Å². The lowest BCUT2D eigenvalue weighted by atomic mass is 9.84.